The normalized spacial score (nSPS) is 12.5. The molecule has 0 spiro atoms. The Hall–Kier alpha value is -1.28. The SMILES string of the molecule is Cn1c(-c2cccc(Br)c2)nn(C[NH+](C)Cc2ccsc2)c1=S. The first kappa shape index (κ1) is 16.6. The van der Waals surface area contributed by atoms with Crippen LogP contribution in [0.2, 0.25) is 0 Å². The minimum Gasteiger partial charge on any atom is -0.315 e. The number of aromatic nitrogens is 3. The molecule has 0 radical (unpaired) electrons. The second-order valence-corrected chi connectivity index (χ2v) is 7.66. The van der Waals surface area contributed by atoms with E-state index >= 15 is 0 Å². The van der Waals surface area contributed by atoms with Gasteiger partial charge in [-0.25, -0.2) is 0 Å². The summed E-state index contributed by atoms with van der Waals surface area (Å²) >= 11 is 10.8. The van der Waals surface area contributed by atoms with Crippen LogP contribution in [0.25, 0.3) is 11.4 Å². The summed E-state index contributed by atoms with van der Waals surface area (Å²) in [5.41, 5.74) is 2.41. The van der Waals surface area contributed by atoms with Gasteiger partial charge in [-0.3, -0.25) is 0 Å². The average molecular weight is 410 g/mol. The van der Waals surface area contributed by atoms with Gasteiger partial charge in [-0.05, 0) is 41.2 Å². The van der Waals surface area contributed by atoms with Crippen LogP contribution in [0.3, 0.4) is 0 Å². The van der Waals surface area contributed by atoms with Gasteiger partial charge in [-0.15, -0.1) is 5.10 Å². The Bertz CT molecular complexity index is 851. The van der Waals surface area contributed by atoms with E-state index in [1.807, 2.05) is 34.5 Å². The molecule has 2 aromatic heterocycles. The monoisotopic (exact) mass is 409 g/mol. The molecule has 0 amide bonds. The maximum Gasteiger partial charge on any atom is 0.202 e. The van der Waals surface area contributed by atoms with Crippen LogP contribution in [0, 0.1) is 4.77 Å². The second kappa shape index (κ2) is 7.09. The zero-order chi connectivity index (χ0) is 16.4. The van der Waals surface area contributed by atoms with Crippen molar-refractivity contribution < 1.29 is 4.90 Å². The molecule has 1 N–H and O–H groups in total. The first-order chi connectivity index (χ1) is 11.0. The Labute approximate surface area is 153 Å². The van der Waals surface area contributed by atoms with E-state index in [0.717, 1.165) is 33.8 Å². The summed E-state index contributed by atoms with van der Waals surface area (Å²) in [4.78, 5) is 1.35. The number of nitrogens with zero attached hydrogens (tertiary/aromatic N) is 3. The lowest BCUT2D eigenvalue weighted by atomic mass is 10.2. The topological polar surface area (TPSA) is 27.2 Å². The van der Waals surface area contributed by atoms with Crippen molar-refractivity contribution in [3.8, 4) is 11.4 Å². The lowest BCUT2D eigenvalue weighted by Gasteiger charge is -2.12. The van der Waals surface area contributed by atoms with Crippen LogP contribution in [0.4, 0.5) is 0 Å². The van der Waals surface area contributed by atoms with Crippen LogP contribution in [0.1, 0.15) is 5.56 Å². The molecular formula is C16H18BrN4S2+. The molecule has 1 aromatic carbocycles. The first-order valence-electron chi connectivity index (χ1n) is 7.27. The molecule has 23 heavy (non-hydrogen) atoms. The quantitative estimate of drug-likeness (QED) is 0.655. The van der Waals surface area contributed by atoms with Crippen LogP contribution in [-0.2, 0) is 20.3 Å². The highest BCUT2D eigenvalue weighted by atomic mass is 79.9. The van der Waals surface area contributed by atoms with Crippen LogP contribution < -0.4 is 4.90 Å². The van der Waals surface area contributed by atoms with Gasteiger partial charge in [0.05, 0.1) is 7.05 Å². The lowest BCUT2D eigenvalue weighted by Crippen LogP contribution is -3.06. The number of quaternary nitrogens is 1. The minimum absolute atomic E-state index is 0.740. The fourth-order valence-corrected chi connectivity index (χ4v) is 3.78. The van der Waals surface area contributed by atoms with Crippen LogP contribution in [-0.4, -0.2) is 21.4 Å². The third kappa shape index (κ3) is 3.80. The standard InChI is InChI=1S/C16H17BrN4S2/c1-19(9-12-6-7-23-10-12)11-21-16(22)20(2)15(18-21)13-4-3-5-14(17)8-13/h3-8,10H,9,11H2,1-2H3/p+1. The van der Waals surface area contributed by atoms with E-state index in [1.165, 1.54) is 10.5 Å². The largest absolute Gasteiger partial charge is 0.315 e. The zero-order valence-corrected chi connectivity index (χ0v) is 16.2. The summed E-state index contributed by atoms with van der Waals surface area (Å²) in [6.45, 7) is 1.71. The Balaban J connectivity index is 1.84. The van der Waals surface area contributed by atoms with Gasteiger partial charge in [-0.2, -0.15) is 16.0 Å². The van der Waals surface area contributed by atoms with Gasteiger partial charge in [0.1, 0.15) is 6.54 Å². The Morgan fingerprint density at radius 1 is 1.35 bits per heavy atom. The molecule has 7 heteroatoms. The molecule has 0 aliphatic heterocycles. The molecule has 4 nitrogen and oxygen atoms in total. The molecule has 1 atom stereocenters. The van der Waals surface area contributed by atoms with Crippen LogP contribution in [0.5, 0.6) is 0 Å². The van der Waals surface area contributed by atoms with Crippen molar-refractivity contribution in [2.75, 3.05) is 7.05 Å². The molecule has 0 bridgehead atoms. The van der Waals surface area contributed by atoms with Gasteiger partial charge >= 0.3 is 0 Å². The molecule has 0 saturated carbocycles. The van der Waals surface area contributed by atoms with Crippen molar-refractivity contribution in [3.05, 3.63) is 55.9 Å². The molecule has 2 heterocycles. The smallest absolute Gasteiger partial charge is 0.202 e. The predicted molar refractivity (Wildman–Crippen MR) is 100 cm³/mol. The molecule has 120 valence electrons. The van der Waals surface area contributed by atoms with E-state index < -0.39 is 0 Å². The van der Waals surface area contributed by atoms with Gasteiger partial charge < -0.3 is 9.47 Å². The van der Waals surface area contributed by atoms with Crippen molar-refractivity contribution in [3.63, 3.8) is 0 Å². The number of hydrogen-bond donors (Lipinski definition) is 1. The van der Waals surface area contributed by atoms with Gasteiger partial charge in [0.2, 0.25) is 4.77 Å². The predicted octanol–water partition coefficient (Wildman–Crippen LogP) is 3.11. The highest BCUT2D eigenvalue weighted by molar-refractivity contribution is 9.10. The highest BCUT2D eigenvalue weighted by Crippen LogP contribution is 2.21. The Kier molecular flexibility index (Phi) is 5.11. The van der Waals surface area contributed by atoms with Crippen molar-refractivity contribution in [2.45, 2.75) is 13.2 Å². The first-order valence-corrected chi connectivity index (χ1v) is 9.41. The fourth-order valence-electron chi connectivity index (χ4n) is 2.52. The lowest BCUT2D eigenvalue weighted by molar-refractivity contribution is -0.917. The second-order valence-electron chi connectivity index (χ2n) is 5.60. The molecule has 0 aliphatic carbocycles. The summed E-state index contributed by atoms with van der Waals surface area (Å²) in [7, 11) is 4.13. The van der Waals surface area contributed by atoms with E-state index in [9.17, 15) is 0 Å². The maximum atomic E-state index is 5.55. The Morgan fingerprint density at radius 3 is 2.87 bits per heavy atom. The van der Waals surface area contributed by atoms with E-state index in [-0.39, 0.29) is 0 Å². The number of thiophene rings is 1. The van der Waals surface area contributed by atoms with Crippen molar-refractivity contribution in [1.29, 1.82) is 0 Å². The third-order valence-electron chi connectivity index (χ3n) is 3.63. The van der Waals surface area contributed by atoms with Gasteiger partial charge in [0.15, 0.2) is 12.5 Å². The summed E-state index contributed by atoms with van der Waals surface area (Å²) < 4.78 is 5.66. The van der Waals surface area contributed by atoms with Crippen LogP contribution in [0.15, 0.2) is 45.6 Å². The summed E-state index contributed by atoms with van der Waals surface area (Å²) in [6, 6.07) is 10.3. The van der Waals surface area contributed by atoms with Gasteiger partial charge in [-0.1, -0.05) is 28.1 Å². The summed E-state index contributed by atoms with van der Waals surface area (Å²) in [6.07, 6.45) is 0. The van der Waals surface area contributed by atoms with Crippen molar-refractivity contribution >= 4 is 39.5 Å². The molecule has 0 aliphatic rings. The molecule has 0 saturated heterocycles. The van der Waals surface area contributed by atoms with Crippen molar-refractivity contribution in [1.82, 2.24) is 14.3 Å². The maximum absolute atomic E-state index is 5.55. The van der Waals surface area contributed by atoms with Crippen molar-refractivity contribution in [2.24, 2.45) is 7.05 Å². The summed E-state index contributed by atoms with van der Waals surface area (Å²) in [5, 5.41) is 9.03. The number of nitrogens with one attached hydrogen (secondary N) is 1. The molecule has 0 fully saturated rings. The number of rotatable bonds is 5. The molecule has 3 rings (SSSR count). The minimum atomic E-state index is 0.740. The summed E-state index contributed by atoms with van der Waals surface area (Å²) in [5.74, 6) is 0.889. The fraction of sp³-hybridized carbons (Fsp3) is 0.250. The molecule has 1 unspecified atom stereocenters. The van der Waals surface area contributed by atoms with Gasteiger partial charge in [0, 0.05) is 22.6 Å². The number of benzene rings is 1. The number of hydrogen-bond acceptors (Lipinski definition) is 3. The molecule has 3 aromatic rings. The van der Waals surface area contributed by atoms with E-state index in [4.69, 9.17) is 17.3 Å². The van der Waals surface area contributed by atoms with E-state index in [2.05, 4.69) is 45.9 Å². The third-order valence-corrected chi connectivity index (χ3v) is 5.34. The van der Waals surface area contributed by atoms with Gasteiger partial charge in [0.25, 0.3) is 0 Å². The molecular weight excluding hydrogens is 392 g/mol. The van der Waals surface area contributed by atoms with Crippen LogP contribution >= 0.6 is 39.5 Å². The zero-order valence-electron chi connectivity index (χ0n) is 13.0. The average Bonchev–Trinajstić information content (AvgIpc) is 3.11. The number of halogens is 1. The van der Waals surface area contributed by atoms with E-state index in [0.29, 0.717) is 0 Å². The van der Waals surface area contributed by atoms with E-state index in [1.54, 1.807) is 11.3 Å². The highest BCUT2D eigenvalue weighted by Gasteiger charge is 2.13. The Morgan fingerprint density at radius 2 is 2.17 bits per heavy atom.